The highest BCUT2D eigenvalue weighted by molar-refractivity contribution is 7.84. The second-order valence-electron chi connectivity index (χ2n) is 5.24. The van der Waals surface area contributed by atoms with Crippen molar-refractivity contribution in [2.24, 2.45) is 0 Å². The molecule has 1 aromatic carbocycles. The summed E-state index contributed by atoms with van der Waals surface area (Å²) in [5, 5.41) is 4.30. The lowest BCUT2D eigenvalue weighted by atomic mass is 10.3. The zero-order valence-electron chi connectivity index (χ0n) is 13.0. The summed E-state index contributed by atoms with van der Waals surface area (Å²) in [4.78, 5) is 28.5. The Labute approximate surface area is 148 Å². The van der Waals surface area contributed by atoms with Crippen molar-refractivity contribution < 1.29 is 13.4 Å². The molecule has 2 aromatic heterocycles. The molecular formula is C16H14FN3O3S2. The fourth-order valence-corrected chi connectivity index (χ4v) is 3.97. The Balaban J connectivity index is 1.55. The molecule has 0 radical (unpaired) electrons. The van der Waals surface area contributed by atoms with Crippen LogP contribution in [0.4, 0.5) is 10.1 Å². The molecule has 1 N–H and O–H groups in total. The van der Waals surface area contributed by atoms with Gasteiger partial charge in [-0.1, -0.05) is 6.07 Å². The number of hydrogen-bond donors (Lipinski definition) is 1. The van der Waals surface area contributed by atoms with Crippen LogP contribution in [0.1, 0.15) is 12.1 Å². The van der Waals surface area contributed by atoms with E-state index in [9.17, 15) is 18.2 Å². The zero-order valence-corrected chi connectivity index (χ0v) is 14.6. The number of nitrogens with one attached hydrogen (secondary N) is 1. The maximum absolute atomic E-state index is 13.1. The van der Waals surface area contributed by atoms with Crippen LogP contribution in [0.15, 0.2) is 46.7 Å². The number of rotatable bonds is 6. The number of nitrogens with zero attached hydrogens (tertiary/aromatic N) is 2. The number of carbonyl (C=O) groups is 1. The third-order valence-corrected chi connectivity index (χ3v) is 5.36. The van der Waals surface area contributed by atoms with Crippen LogP contribution in [-0.4, -0.2) is 25.3 Å². The minimum Gasteiger partial charge on any atom is -0.326 e. The van der Waals surface area contributed by atoms with Crippen LogP contribution >= 0.6 is 11.3 Å². The summed E-state index contributed by atoms with van der Waals surface area (Å²) in [6.07, 6.45) is 1.66. The van der Waals surface area contributed by atoms with Crippen LogP contribution in [0.2, 0.25) is 0 Å². The highest BCUT2D eigenvalue weighted by atomic mass is 32.2. The Morgan fingerprint density at radius 2 is 2.20 bits per heavy atom. The van der Waals surface area contributed by atoms with Crippen molar-refractivity contribution in [3.63, 3.8) is 0 Å². The van der Waals surface area contributed by atoms with Crippen molar-refractivity contribution in [3.05, 3.63) is 63.8 Å². The summed E-state index contributed by atoms with van der Waals surface area (Å²) >= 11 is 1.32. The lowest BCUT2D eigenvalue weighted by Crippen LogP contribution is -2.17. The van der Waals surface area contributed by atoms with Crippen molar-refractivity contribution in [1.29, 1.82) is 0 Å². The zero-order chi connectivity index (χ0) is 17.8. The molecule has 0 spiro atoms. The summed E-state index contributed by atoms with van der Waals surface area (Å²) in [5.74, 6) is -0.549. The third kappa shape index (κ3) is 4.58. The van der Waals surface area contributed by atoms with Gasteiger partial charge in [-0.2, -0.15) is 0 Å². The van der Waals surface area contributed by atoms with Crippen LogP contribution in [-0.2, 0) is 21.3 Å². The standard InChI is InChI=1S/C16H14FN3O3S2/c17-11-2-1-3-12(8-11)18-14(21)4-7-25(23)10-13-9-15(22)20-5-6-24-16(20)19-13/h1-3,5-6,8-9H,4,7,10H2,(H,18,21). The quantitative estimate of drug-likeness (QED) is 0.712. The largest absolute Gasteiger partial charge is 0.326 e. The SMILES string of the molecule is O=C(CCS(=O)Cc1cc(=O)n2ccsc2n1)Nc1cccc(F)c1. The molecule has 1 atom stereocenters. The average molecular weight is 379 g/mol. The van der Waals surface area contributed by atoms with E-state index in [2.05, 4.69) is 10.3 Å². The van der Waals surface area contributed by atoms with E-state index in [0.717, 1.165) is 0 Å². The van der Waals surface area contributed by atoms with Gasteiger partial charge in [-0.25, -0.2) is 9.37 Å². The van der Waals surface area contributed by atoms with E-state index in [1.807, 2.05) is 0 Å². The lowest BCUT2D eigenvalue weighted by Gasteiger charge is -2.05. The van der Waals surface area contributed by atoms with E-state index in [-0.39, 0.29) is 29.4 Å². The van der Waals surface area contributed by atoms with Crippen LogP contribution in [0.5, 0.6) is 0 Å². The second kappa shape index (κ2) is 7.66. The molecule has 3 rings (SSSR count). The van der Waals surface area contributed by atoms with E-state index in [0.29, 0.717) is 16.3 Å². The van der Waals surface area contributed by atoms with Gasteiger partial charge in [0.15, 0.2) is 4.96 Å². The number of carbonyl (C=O) groups excluding carboxylic acids is 1. The fourth-order valence-electron chi connectivity index (χ4n) is 2.20. The van der Waals surface area contributed by atoms with E-state index in [4.69, 9.17) is 0 Å². The lowest BCUT2D eigenvalue weighted by molar-refractivity contribution is -0.115. The van der Waals surface area contributed by atoms with Crippen LogP contribution in [0.3, 0.4) is 0 Å². The molecule has 0 saturated heterocycles. The first kappa shape index (κ1) is 17.4. The predicted molar refractivity (Wildman–Crippen MR) is 95.7 cm³/mol. The molecule has 0 bridgehead atoms. The molecule has 0 fully saturated rings. The highest BCUT2D eigenvalue weighted by Gasteiger charge is 2.10. The number of fused-ring (bicyclic) bond motifs is 1. The van der Waals surface area contributed by atoms with E-state index < -0.39 is 16.6 Å². The maximum atomic E-state index is 13.1. The normalized spacial score (nSPS) is 12.2. The number of hydrogen-bond acceptors (Lipinski definition) is 5. The summed E-state index contributed by atoms with van der Waals surface area (Å²) in [6, 6.07) is 6.91. The number of benzene rings is 1. The van der Waals surface area contributed by atoms with Gasteiger partial charge in [-0.3, -0.25) is 18.2 Å². The molecule has 0 aliphatic rings. The van der Waals surface area contributed by atoms with Crippen molar-refractivity contribution in [2.45, 2.75) is 12.2 Å². The van der Waals surface area contributed by atoms with Gasteiger partial charge in [-0.15, -0.1) is 11.3 Å². The maximum Gasteiger partial charge on any atom is 0.258 e. The second-order valence-corrected chi connectivity index (χ2v) is 7.69. The summed E-state index contributed by atoms with van der Waals surface area (Å²) in [5.41, 5.74) is 0.576. The van der Waals surface area contributed by atoms with Gasteiger partial charge < -0.3 is 5.32 Å². The smallest absolute Gasteiger partial charge is 0.258 e. The van der Waals surface area contributed by atoms with Gasteiger partial charge >= 0.3 is 0 Å². The number of anilines is 1. The number of halogens is 1. The van der Waals surface area contributed by atoms with E-state index in [1.165, 1.54) is 40.0 Å². The molecule has 1 amide bonds. The van der Waals surface area contributed by atoms with E-state index >= 15 is 0 Å². The molecule has 9 heteroatoms. The first-order valence-corrected chi connectivity index (χ1v) is 9.74. The van der Waals surface area contributed by atoms with Gasteiger partial charge in [0, 0.05) is 46.3 Å². The number of amides is 1. The molecule has 3 aromatic rings. The van der Waals surface area contributed by atoms with E-state index in [1.54, 1.807) is 17.6 Å². The first-order valence-electron chi connectivity index (χ1n) is 7.37. The molecule has 1 unspecified atom stereocenters. The molecule has 0 saturated carbocycles. The average Bonchev–Trinajstić information content (AvgIpc) is 3.02. The Hall–Kier alpha value is -2.39. The van der Waals surface area contributed by atoms with Crippen molar-refractivity contribution >= 4 is 38.7 Å². The number of aromatic nitrogens is 2. The van der Waals surface area contributed by atoms with Crippen LogP contribution in [0, 0.1) is 5.82 Å². The summed E-state index contributed by atoms with van der Waals surface area (Å²) < 4.78 is 26.6. The summed E-state index contributed by atoms with van der Waals surface area (Å²) in [6.45, 7) is 0. The Morgan fingerprint density at radius 3 is 3.00 bits per heavy atom. The van der Waals surface area contributed by atoms with Crippen molar-refractivity contribution in [3.8, 4) is 0 Å². The summed E-state index contributed by atoms with van der Waals surface area (Å²) in [7, 11) is -1.33. The molecule has 6 nitrogen and oxygen atoms in total. The topological polar surface area (TPSA) is 80.5 Å². The van der Waals surface area contributed by atoms with Gasteiger partial charge in [-0.05, 0) is 18.2 Å². The first-order chi connectivity index (χ1) is 12.0. The minimum atomic E-state index is -1.33. The highest BCUT2D eigenvalue weighted by Crippen LogP contribution is 2.10. The molecule has 0 aliphatic heterocycles. The van der Waals surface area contributed by atoms with Gasteiger partial charge in [0.2, 0.25) is 5.91 Å². The van der Waals surface area contributed by atoms with Crippen LogP contribution in [0.25, 0.3) is 4.96 Å². The fraction of sp³-hybridized carbons (Fsp3) is 0.188. The predicted octanol–water partition coefficient (Wildman–Crippen LogP) is 2.17. The molecule has 0 aliphatic carbocycles. The Morgan fingerprint density at radius 1 is 1.36 bits per heavy atom. The Kier molecular flexibility index (Phi) is 5.34. The van der Waals surface area contributed by atoms with Gasteiger partial charge in [0.25, 0.3) is 5.56 Å². The van der Waals surface area contributed by atoms with Crippen molar-refractivity contribution in [2.75, 3.05) is 11.1 Å². The van der Waals surface area contributed by atoms with Crippen molar-refractivity contribution in [1.82, 2.24) is 9.38 Å². The number of thiazole rings is 1. The molecule has 2 heterocycles. The Bertz CT molecular complexity index is 999. The molecular weight excluding hydrogens is 365 g/mol. The molecule has 130 valence electrons. The minimum absolute atomic E-state index is 0.0311. The molecule has 25 heavy (non-hydrogen) atoms. The van der Waals surface area contributed by atoms with Crippen LogP contribution < -0.4 is 10.9 Å². The third-order valence-electron chi connectivity index (χ3n) is 3.33. The van der Waals surface area contributed by atoms with Gasteiger partial charge in [0.05, 0.1) is 11.4 Å². The monoisotopic (exact) mass is 379 g/mol. The van der Waals surface area contributed by atoms with Gasteiger partial charge in [0.1, 0.15) is 5.82 Å².